The molecular formula is C15H18O5. The summed E-state index contributed by atoms with van der Waals surface area (Å²) in [5.74, 6) is -1.35. The third kappa shape index (κ3) is 1.22. The number of aliphatic hydroxyl groups excluding tert-OH is 1. The summed E-state index contributed by atoms with van der Waals surface area (Å²) >= 11 is 0. The Hall–Kier alpha value is -1.17. The van der Waals surface area contributed by atoms with Crippen molar-refractivity contribution in [1.29, 1.82) is 0 Å². The monoisotopic (exact) mass is 278 g/mol. The maximum atomic E-state index is 11.8. The number of esters is 1. The van der Waals surface area contributed by atoms with Crippen LogP contribution in [0.25, 0.3) is 0 Å². The van der Waals surface area contributed by atoms with Crippen LogP contribution in [0.3, 0.4) is 0 Å². The number of rotatable bonds is 0. The maximum absolute atomic E-state index is 11.8. The third-order valence-corrected chi connectivity index (χ3v) is 5.67. The minimum atomic E-state index is -1.08. The molecule has 0 amide bonds. The van der Waals surface area contributed by atoms with Gasteiger partial charge >= 0.3 is 5.97 Å². The van der Waals surface area contributed by atoms with E-state index in [0.717, 1.165) is 5.57 Å². The van der Waals surface area contributed by atoms with Gasteiger partial charge in [0.15, 0.2) is 0 Å². The summed E-state index contributed by atoms with van der Waals surface area (Å²) in [7, 11) is 0. The van der Waals surface area contributed by atoms with Crippen LogP contribution in [0.5, 0.6) is 0 Å². The van der Waals surface area contributed by atoms with Gasteiger partial charge in [-0.15, -0.1) is 0 Å². The number of aliphatic hydroxyl groups is 2. The summed E-state index contributed by atoms with van der Waals surface area (Å²) in [5, 5.41) is 21.4. The number of hydrogen-bond donors (Lipinski definition) is 2. The lowest BCUT2D eigenvalue weighted by molar-refractivity contribution is -0.149. The van der Waals surface area contributed by atoms with Gasteiger partial charge in [0.25, 0.3) is 0 Å². The van der Waals surface area contributed by atoms with E-state index >= 15 is 0 Å². The summed E-state index contributed by atoms with van der Waals surface area (Å²) in [6, 6.07) is 0. The van der Waals surface area contributed by atoms with E-state index in [-0.39, 0.29) is 17.6 Å². The molecule has 0 bridgehead atoms. The van der Waals surface area contributed by atoms with Crippen LogP contribution in [-0.4, -0.2) is 45.7 Å². The minimum Gasteiger partial charge on any atom is -0.458 e. The van der Waals surface area contributed by atoms with Crippen LogP contribution >= 0.6 is 0 Å². The van der Waals surface area contributed by atoms with Crippen LogP contribution < -0.4 is 0 Å². The fourth-order valence-corrected chi connectivity index (χ4v) is 4.47. The largest absolute Gasteiger partial charge is 0.458 e. The van der Waals surface area contributed by atoms with Crippen molar-refractivity contribution in [3.8, 4) is 0 Å². The molecule has 5 heteroatoms. The standard InChI is InChI=1S/C15H18O5/c1-6-4-8(16)10-7(2)13(17)19-11(10)12-14(3)9(20-14)5-15(6,12)18/h4,8-12,16,18H,2,5H2,1,3H3/t8-,9+,10+,11-,12+,14+,15+/m0/s1. The van der Waals surface area contributed by atoms with Crippen LogP contribution in [-0.2, 0) is 14.3 Å². The highest BCUT2D eigenvalue weighted by Crippen LogP contribution is 2.64. The second-order valence-electron chi connectivity index (χ2n) is 6.66. The molecule has 2 saturated heterocycles. The Morgan fingerprint density at radius 1 is 1.50 bits per heavy atom. The van der Waals surface area contributed by atoms with E-state index in [2.05, 4.69) is 6.58 Å². The molecular weight excluding hydrogens is 260 g/mol. The number of ether oxygens (including phenoxy) is 2. The van der Waals surface area contributed by atoms with Gasteiger partial charge in [-0.1, -0.05) is 12.7 Å². The van der Waals surface area contributed by atoms with Crippen LogP contribution in [0.4, 0.5) is 0 Å². The van der Waals surface area contributed by atoms with Gasteiger partial charge in [-0.3, -0.25) is 0 Å². The molecule has 0 aromatic rings. The van der Waals surface area contributed by atoms with Gasteiger partial charge in [0.05, 0.1) is 29.6 Å². The first-order chi connectivity index (χ1) is 9.29. The van der Waals surface area contributed by atoms with E-state index in [1.165, 1.54) is 0 Å². The summed E-state index contributed by atoms with van der Waals surface area (Å²) in [4.78, 5) is 11.8. The molecule has 0 aromatic heterocycles. The molecule has 2 N–H and O–H groups in total. The highest BCUT2D eigenvalue weighted by Gasteiger charge is 2.76. The van der Waals surface area contributed by atoms with Crippen molar-refractivity contribution < 1.29 is 24.5 Å². The van der Waals surface area contributed by atoms with Crippen molar-refractivity contribution in [3.05, 3.63) is 23.8 Å². The van der Waals surface area contributed by atoms with Crippen molar-refractivity contribution in [1.82, 2.24) is 0 Å². The van der Waals surface area contributed by atoms with E-state index in [1.807, 2.05) is 13.8 Å². The fraction of sp³-hybridized carbons (Fsp3) is 0.667. The summed E-state index contributed by atoms with van der Waals surface area (Å²) in [5.41, 5.74) is -0.557. The van der Waals surface area contributed by atoms with Crippen LogP contribution in [0.2, 0.25) is 0 Å². The normalized spacial score (nSPS) is 56.4. The molecule has 0 radical (unpaired) electrons. The molecule has 7 atom stereocenters. The van der Waals surface area contributed by atoms with Crippen LogP contribution in [0, 0.1) is 11.8 Å². The Bertz CT molecular complexity index is 567. The molecule has 5 nitrogen and oxygen atoms in total. The molecule has 3 fully saturated rings. The average molecular weight is 278 g/mol. The smallest absolute Gasteiger partial charge is 0.334 e. The zero-order valence-electron chi connectivity index (χ0n) is 11.5. The maximum Gasteiger partial charge on any atom is 0.334 e. The number of fused-ring (bicyclic) bond motifs is 5. The summed E-state index contributed by atoms with van der Waals surface area (Å²) < 4.78 is 11.1. The molecule has 4 rings (SSSR count). The van der Waals surface area contributed by atoms with Crippen molar-refractivity contribution in [2.75, 3.05) is 0 Å². The topological polar surface area (TPSA) is 79.3 Å². The third-order valence-electron chi connectivity index (χ3n) is 5.67. The molecule has 0 aromatic carbocycles. The highest BCUT2D eigenvalue weighted by atomic mass is 16.6. The van der Waals surface area contributed by atoms with Gasteiger partial charge in [0.2, 0.25) is 0 Å². The summed E-state index contributed by atoms with van der Waals surface area (Å²) in [6.45, 7) is 7.51. The van der Waals surface area contributed by atoms with E-state index < -0.39 is 35.3 Å². The molecule has 0 spiro atoms. The van der Waals surface area contributed by atoms with E-state index in [0.29, 0.717) is 6.42 Å². The zero-order chi connectivity index (χ0) is 14.4. The Labute approximate surface area is 116 Å². The lowest BCUT2D eigenvalue weighted by atomic mass is 9.74. The second-order valence-corrected chi connectivity index (χ2v) is 6.66. The Morgan fingerprint density at radius 2 is 2.20 bits per heavy atom. The predicted octanol–water partition coefficient (Wildman–Crippen LogP) is 0.313. The lowest BCUT2D eigenvalue weighted by Crippen LogP contribution is -2.49. The van der Waals surface area contributed by atoms with E-state index in [4.69, 9.17) is 9.47 Å². The molecule has 4 aliphatic rings. The lowest BCUT2D eigenvalue weighted by Gasteiger charge is -2.37. The van der Waals surface area contributed by atoms with Crippen molar-refractivity contribution in [3.63, 3.8) is 0 Å². The molecule has 2 heterocycles. The average Bonchev–Trinajstić information content (AvgIpc) is 2.80. The highest BCUT2D eigenvalue weighted by molar-refractivity contribution is 5.91. The quantitative estimate of drug-likeness (QED) is 0.289. The van der Waals surface area contributed by atoms with Crippen molar-refractivity contribution >= 4 is 5.97 Å². The molecule has 20 heavy (non-hydrogen) atoms. The first kappa shape index (κ1) is 12.6. The predicted molar refractivity (Wildman–Crippen MR) is 68.6 cm³/mol. The number of hydrogen-bond acceptors (Lipinski definition) is 5. The van der Waals surface area contributed by atoms with Crippen LogP contribution in [0.1, 0.15) is 20.3 Å². The van der Waals surface area contributed by atoms with Gasteiger partial charge in [-0.05, 0) is 19.4 Å². The molecule has 0 unspecified atom stereocenters. The molecule has 1 saturated carbocycles. The van der Waals surface area contributed by atoms with E-state index in [9.17, 15) is 15.0 Å². The fourth-order valence-electron chi connectivity index (χ4n) is 4.47. The zero-order valence-corrected chi connectivity index (χ0v) is 11.5. The van der Waals surface area contributed by atoms with Gasteiger partial charge in [-0.2, -0.15) is 0 Å². The van der Waals surface area contributed by atoms with Crippen molar-refractivity contribution in [2.45, 2.75) is 49.8 Å². The minimum absolute atomic E-state index is 0.00990. The van der Waals surface area contributed by atoms with Crippen LogP contribution in [0.15, 0.2) is 23.8 Å². The van der Waals surface area contributed by atoms with Gasteiger partial charge < -0.3 is 19.7 Å². The number of epoxide rings is 1. The van der Waals surface area contributed by atoms with Gasteiger partial charge in [-0.25, -0.2) is 4.79 Å². The van der Waals surface area contributed by atoms with E-state index in [1.54, 1.807) is 6.08 Å². The first-order valence-electron chi connectivity index (χ1n) is 6.96. The SMILES string of the molecule is C=C1C(=O)O[C@H]2[C@H]1[C@@H](O)C=C(C)[C@]1(O)C[C@H]3O[C@@]3(C)[C@@H]21. The second kappa shape index (κ2) is 3.35. The molecule has 2 aliphatic heterocycles. The van der Waals surface area contributed by atoms with Gasteiger partial charge in [0.1, 0.15) is 11.7 Å². The molecule has 108 valence electrons. The van der Waals surface area contributed by atoms with Gasteiger partial charge in [0, 0.05) is 12.0 Å². The Kier molecular flexibility index (Phi) is 2.10. The Morgan fingerprint density at radius 3 is 2.90 bits per heavy atom. The first-order valence-corrected chi connectivity index (χ1v) is 6.96. The van der Waals surface area contributed by atoms with Crippen molar-refractivity contribution in [2.24, 2.45) is 11.8 Å². The Balaban J connectivity index is 1.88. The molecule has 2 aliphatic carbocycles. The summed E-state index contributed by atoms with van der Waals surface area (Å²) in [6.07, 6.45) is 0.662. The number of carbonyl (C=O) groups excluding carboxylic acids is 1. The number of carbonyl (C=O) groups is 1.